The van der Waals surface area contributed by atoms with Gasteiger partial charge in [0.25, 0.3) is 5.91 Å². The first-order valence-electron chi connectivity index (χ1n) is 11.2. The molecule has 0 unspecified atom stereocenters. The van der Waals surface area contributed by atoms with Gasteiger partial charge in [-0.2, -0.15) is 0 Å². The van der Waals surface area contributed by atoms with E-state index in [1.807, 2.05) is 18.2 Å². The molecule has 2 amide bonds. The van der Waals surface area contributed by atoms with Crippen LogP contribution in [-0.4, -0.2) is 62.1 Å². The molecule has 3 fully saturated rings. The number of amides is 2. The van der Waals surface area contributed by atoms with Crippen molar-refractivity contribution in [1.29, 1.82) is 0 Å². The lowest BCUT2D eigenvalue weighted by molar-refractivity contribution is -0.124. The van der Waals surface area contributed by atoms with Crippen molar-refractivity contribution >= 4 is 21.7 Å². The van der Waals surface area contributed by atoms with Crippen LogP contribution < -0.4 is 10.6 Å². The molecule has 2 saturated carbocycles. The van der Waals surface area contributed by atoms with Gasteiger partial charge in [0.05, 0.1) is 15.7 Å². The highest BCUT2D eigenvalue weighted by atomic mass is 32.2. The molecular formula is C24H27N3O4S. The standard InChI is InChI=1S/C24H27N3O4S/c28-22(27-14-12-25-23(29)24(10-11-24)26-13-15-27)18-6-4-17(5-7-18)19-2-1-3-21(16-19)32(30,31)20-8-9-20/h1-7,16,20,26H,8-15H2,(H,25,29). The quantitative estimate of drug-likeness (QED) is 0.738. The number of carbonyl (C=O) groups excluding carboxylic acids is 2. The molecule has 5 rings (SSSR count). The summed E-state index contributed by atoms with van der Waals surface area (Å²) in [5, 5.41) is 5.99. The van der Waals surface area contributed by atoms with Crippen LogP contribution in [0.15, 0.2) is 53.4 Å². The molecule has 1 heterocycles. The first kappa shape index (κ1) is 21.2. The number of carbonyl (C=O) groups is 2. The maximum atomic E-state index is 13.1. The Bertz CT molecular complexity index is 1150. The topological polar surface area (TPSA) is 95.6 Å². The summed E-state index contributed by atoms with van der Waals surface area (Å²) in [5.41, 5.74) is 1.82. The van der Waals surface area contributed by atoms with Crippen LogP contribution in [0.3, 0.4) is 0 Å². The van der Waals surface area contributed by atoms with Crippen LogP contribution in [-0.2, 0) is 14.6 Å². The predicted molar refractivity (Wildman–Crippen MR) is 121 cm³/mol. The Hall–Kier alpha value is -2.71. The molecule has 2 aromatic rings. The van der Waals surface area contributed by atoms with Crippen molar-refractivity contribution in [3.05, 3.63) is 54.1 Å². The van der Waals surface area contributed by atoms with Gasteiger partial charge in [-0.3, -0.25) is 9.59 Å². The Morgan fingerprint density at radius 2 is 1.69 bits per heavy atom. The van der Waals surface area contributed by atoms with Crippen LogP contribution in [0.4, 0.5) is 0 Å². The van der Waals surface area contributed by atoms with E-state index in [0.29, 0.717) is 36.6 Å². The number of sulfone groups is 1. The summed E-state index contributed by atoms with van der Waals surface area (Å²) in [6, 6.07) is 14.3. The molecule has 168 valence electrons. The van der Waals surface area contributed by atoms with E-state index >= 15 is 0 Å². The summed E-state index contributed by atoms with van der Waals surface area (Å²) in [6.07, 6.45) is 3.16. The lowest BCUT2D eigenvalue weighted by Crippen LogP contribution is -2.46. The molecule has 1 saturated heterocycles. The average molecular weight is 454 g/mol. The van der Waals surface area contributed by atoms with Crippen LogP contribution in [0.1, 0.15) is 36.0 Å². The Kier molecular flexibility index (Phi) is 5.29. The zero-order chi connectivity index (χ0) is 22.3. The summed E-state index contributed by atoms with van der Waals surface area (Å²) >= 11 is 0. The molecular weight excluding hydrogens is 426 g/mol. The molecule has 1 spiro atoms. The van der Waals surface area contributed by atoms with Crippen LogP contribution in [0.25, 0.3) is 11.1 Å². The van der Waals surface area contributed by atoms with E-state index in [0.717, 1.165) is 36.8 Å². The smallest absolute Gasteiger partial charge is 0.253 e. The van der Waals surface area contributed by atoms with Gasteiger partial charge in [-0.05, 0) is 61.1 Å². The minimum atomic E-state index is -3.25. The van der Waals surface area contributed by atoms with Gasteiger partial charge in [0.2, 0.25) is 5.91 Å². The number of hydrogen-bond donors (Lipinski definition) is 2. The maximum absolute atomic E-state index is 13.1. The lowest BCUT2D eigenvalue weighted by atomic mass is 10.0. The Balaban J connectivity index is 1.30. The second-order valence-electron chi connectivity index (χ2n) is 8.91. The molecule has 2 N–H and O–H groups in total. The third-order valence-corrected chi connectivity index (χ3v) is 8.84. The molecule has 2 aliphatic carbocycles. The normalized spacial score (nSPS) is 20.8. The summed E-state index contributed by atoms with van der Waals surface area (Å²) in [6.45, 7) is 2.03. The monoisotopic (exact) mass is 453 g/mol. The van der Waals surface area contributed by atoms with E-state index < -0.39 is 15.4 Å². The molecule has 0 bridgehead atoms. The van der Waals surface area contributed by atoms with Crippen molar-refractivity contribution in [1.82, 2.24) is 15.5 Å². The van der Waals surface area contributed by atoms with E-state index in [9.17, 15) is 18.0 Å². The number of benzene rings is 2. The fourth-order valence-electron chi connectivity index (χ4n) is 4.24. The van der Waals surface area contributed by atoms with Crippen molar-refractivity contribution < 1.29 is 18.0 Å². The Labute approximate surface area is 188 Å². The van der Waals surface area contributed by atoms with Gasteiger partial charge in [-0.15, -0.1) is 0 Å². The zero-order valence-corrected chi connectivity index (χ0v) is 18.7. The third kappa shape index (κ3) is 4.04. The van der Waals surface area contributed by atoms with Gasteiger partial charge in [0.1, 0.15) is 0 Å². The van der Waals surface area contributed by atoms with Gasteiger partial charge in [-0.25, -0.2) is 8.42 Å². The molecule has 8 heteroatoms. The minimum absolute atomic E-state index is 0.0297. The van der Waals surface area contributed by atoms with E-state index in [-0.39, 0.29) is 17.1 Å². The number of nitrogens with one attached hydrogen (secondary N) is 2. The molecule has 2 aromatic carbocycles. The van der Waals surface area contributed by atoms with Crippen LogP contribution in [0.5, 0.6) is 0 Å². The summed E-state index contributed by atoms with van der Waals surface area (Å²) in [5.74, 6) is -0.0495. The first-order valence-corrected chi connectivity index (χ1v) is 12.7. The van der Waals surface area contributed by atoms with Gasteiger partial charge in [0.15, 0.2) is 9.84 Å². The second-order valence-corrected chi connectivity index (χ2v) is 11.1. The van der Waals surface area contributed by atoms with Crippen LogP contribution in [0.2, 0.25) is 0 Å². The van der Waals surface area contributed by atoms with Crippen LogP contribution >= 0.6 is 0 Å². The molecule has 1 aliphatic heterocycles. The Morgan fingerprint density at radius 1 is 0.969 bits per heavy atom. The van der Waals surface area contributed by atoms with Gasteiger partial charge in [-0.1, -0.05) is 24.3 Å². The molecule has 0 atom stereocenters. The van der Waals surface area contributed by atoms with Crippen molar-refractivity contribution in [2.75, 3.05) is 26.2 Å². The summed E-state index contributed by atoms with van der Waals surface area (Å²) < 4.78 is 25.1. The fourth-order valence-corrected chi connectivity index (χ4v) is 5.94. The van der Waals surface area contributed by atoms with Crippen molar-refractivity contribution in [2.24, 2.45) is 0 Å². The van der Waals surface area contributed by atoms with E-state index in [4.69, 9.17) is 0 Å². The maximum Gasteiger partial charge on any atom is 0.253 e. The van der Waals surface area contributed by atoms with Gasteiger partial charge in [0, 0.05) is 31.7 Å². The Morgan fingerprint density at radius 3 is 2.38 bits per heavy atom. The van der Waals surface area contributed by atoms with Crippen molar-refractivity contribution in [2.45, 2.75) is 41.4 Å². The zero-order valence-electron chi connectivity index (χ0n) is 17.8. The highest BCUT2D eigenvalue weighted by Crippen LogP contribution is 2.36. The van der Waals surface area contributed by atoms with Crippen molar-refractivity contribution in [3.8, 4) is 11.1 Å². The predicted octanol–water partition coefficient (Wildman–Crippen LogP) is 1.98. The highest BCUT2D eigenvalue weighted by Gasteiger charge is 2.49. The molecule has 7 nitrogen and oxygen atoms in total. The highest BCUT2D eigenvalue weighted by molar-refractivity contribution is 7.92. The van der Waals surface area contributed by atoms with Gasteiger partial charge < -0.3 is 15.5 Å². The van der Waals surface area contributed by atoms with E-state index in [1.165, 1.54) is 0 Å². The van der Waals surface area contributed by atoms with E-state index in [2.05, 4.69) is 10.6 Å². The van der Waals surface area contributed by atoms with Crippen molar-refractivity contribution in [3.63, 3.8) is 0 Å². The minimum Gasteiger partial charge on any atom is -0.353 e. The van der Waals surface area contributed by atoms with E-state index in [1.54, 1.807) is 35.2 Å². The molecule has 3 aliphatic rings. The number of rotatable bonds is 4. The molecule has 0 radical (unpaired) electrons. The average Bonchev–Trinajstić information content (AvgIpc) is 3.71. The van der Waals surface area contributed by atoms with Gasteiger partial charge >= 0.3 is 0 Å². The number of hydrogen-bond acceptors (Lipinski definition) is 5. The number of nitrogens with zero attached hydrogens (tertiary/aromatic N) is 1. The SMILES string of the molecule is O=C(c1ccc(-c2cccc(S(=O)(=O)C3CC3)c2)cc1)N1CCNC(=O)C2(CC2)NCC1. The first-order chi connectivity index (χ1) is 15.4. The third-order valence-electron chi connectivity index (χ3n) is 6.58. The largest absolute Gasteiger partial charge is 0.353 e. The lowest BCUT2D eigenvalue weighted by Gasteiger charge is -2.22. The molecule has 0 aromatic heterocycles. The molecule has 32 heavy (non-hydrogen) atoms. The fraction of sp³-hybridized carbons (Fsp3) is 0.417. The summed E-state index contributed by atoms with van der Waals surface area (Å²) in [4.78, 5) is 27.4. The summed E-state index contributed by atoms with van der Waals surface area (Å²) in [7, 11) is -3.25. The van der Waals surface area contributed by atoms with Crippen LogP contribution in [0, 0.1) is 0 Å². The second kappa shape index (κ2) is 8.01.